The summed E-state index contributed by atoms with van der Waals surface area (Å²) in [6, 6.07) is -0.887. The van der Waals surface area contributed by atoms with Gasteiger partial charge in [-0.2, -0.15) is 0 Å². The van der Waals surface area contributed by atoms with Crippen LogP contribution < -0.4 is 5.32 Å². The van der Waals surface area contributed by atoms with Gasteiger partial charge in [0.2, 0.25) is 6.41 Å². The zero-order valence-corrected chi connectivity index (χ0v) is 6.41. The molecule has 2 N–H and O–H groups in total. The van der Waals surface area contributed by atoms with Gasteiger partial charge in [-0.1, -0.05) is 17.7 Å². The molecule has 0 aliphatic rings. The smallest absolute Gasteiger partial charge is 0.326 e. The number of carboxylic acids is 1. The van der Waals surface area contributed by atoms with Gasteiger partial charge in [0.1, 0.15) is 6.04 Å². The lowest BCUT2D eigenvalue weighted by Crippen LogP contribution is -2.35. The number of rotatable bonds is 5. The number of amides is 1. The molecule has 0 radical (unpaired) electrons. The van der Waals surface area contributed by atoms with Crippen LogP contribution in [0.25, 0.3) is 0 Å². The van der Waals surface area contributed by atoms with Crippen LogP contribution in [-0.4, -0.2) is 23.5 Å². The van der Waals surface area contributed by atoms with Gasteiger partial charge in [0, 0.05) is 5.54 Å². The lowest BCUT2D eigenvalue weighted by atomic mass is 10.2. The van der Waals surface area contributed by atoms with Gasteiger partial charge in [0.15, 0.2) is 0 Å². The number of hydrogen-bond donors (Lipinski definition) is 2. The SMILES string of the molecule is O=CNC(C/C=C/Cl)C(=O)O. The molecule has 0 aliphatic heterocycles. The molecule has 5 heteroatoms. The van der Waals surface area contributed by atoms with E-state index in [1.165, 1.54) is 11.6 Å². The lowest BCUT2D eigenvalue weighted by molar-refractivity contribution is -0.140. The van der Waals surface area contributed by atoms with Crippen LogP contribution in [0.5, 0.6) is 0 Å². The first-order chi connectivity index (χ1) is 5.22. The molecule has 0 aromatic heterocycles. The first-order valence-electron chi connectivity index (χ1n) is 2.90. The van der Waals surface area contributed by atoms with Crippen LogP contribution in [0, 0.1) is 0 Å². The second-order valence-electron chi connectivity index (χ2n) is 1.77. The molecule has 0 rings (SSSR count). The Labute approximate surface area is 68.8 Å². The third-order valence-corrected chi connectivity index (χ3v) is 1.21. The molecule has 1 atom stereocenters. The molecule has 0 aromatic rings. The van der Waals surface area contributed by atoms with Crippen molar-refractivity contribution in [1.29, 1.82) is 0 Å². The molecular formula is C6H8ClNO3. The fraction of sp³-hybridized carbons (Fsp3) is 0.333. The monoisotopic (exact) mass is 177 g/mol. The van der Waals surface area contributed by atoms with E-state index in [4.69, 9.17) is 16.7 Å². The van der Waals surface area contributed by atoms with Gasteiger partial charge >= 0.3 is 5.97 Å². The van der Waals surface area contributed by atoms with E-state index in [1.54, 1.807) is 0 Å². The summed E-state index contributed by atoms with van der Waals surface area (Å²) in [5.74, 6) is -1.08. The van der Waals surface area contributed by atoms with Crippen LogP contribution in [0.15, 0.2) is 11.6 Å². The maximum Gasteiger partial charge on any atom is 0.326 e. The topological polar surface area (TPSA) is 66.4 Å². The molecule has 0 saturated carbocycles. The van der Waals surface area contributed by atoms with Gasteiger partial charge in [0.05, 0.1) is 0 Å². The van der Waals surface area contributed by atoms with Crippen molar-refractivity contribution in [3.63, 3.8) is 0 Å². The summed E-state index contributed by atoms with van der Waals surface area (Å²) in [5, 5.41) is 10.6. The molecule has 0 heterocycles. The van der Waals surface area contributed by atoms with E-state index in [-0.39, 0.29) is 6.42 Å². The van der Waals surface area contributed by atoms with Crippen molar-refractivity contribution in [2.24, 2.45) is 0 Å². The molecule has 1 amide bonds. The van der Waals surface area contributed by atoms with Crippen LogP contribution >= 0.6 is 11.6 Å². The summed E-state index contributed by atoms with van der Waals surface area (Å²) in [5.41, 5.74) is 1.21. The largest absolute Gasteiger partial charge is 0.480 e. The van der Waals surface area contributed by atoms with Crippen molar-refractivity contribution < 1.29 is 14.7 Å². The molecule has 0 fully saturated rings. The summed E-state index contributed by atoms with van der Waals surface area (Å²) in [6.07, 6.45) is 2.00. The number of carbonyl (C=O) groups is 2. The number of carboxylic acid groups (broad SMARTS) is 1. The Morgan fingerprint density at radius 2 is 2.36 bits per heavy atom. The van der Waals surface area contributed by atoms with Crippen molar-refractivity contribution in [1.82, 2.24) is 5.32 Å². The highest BCUT2D eigenvalue weighted by Crippen LogP contribution is 1.94. The Balaban J connectivity index is 3.88. The predicted molar refractivity (Wildman–Crippen MR) is 40.2 cm³/mol. The van der Waals surface area contributed by atoms with Crippen LogP contribution in [0.2, 0.25) is 0 Å². The molecule has 0 saturated heterocycles. The summed E-state index contributed by atoms with van der Waals surface area (Å²) in [7, 11) is 0. The number of halogens is 1. The first kappa shape index (κ1) is 9.97. The van der Waals surface area contributed by atoms with E-state index in [0.717, 1.165) is 0 Å². The molecule has 1 unspecified atom stereocenters. The fourth-order valence-electron chi connectivity index (χ4n) is 0.510. The average Bonchev–Trinajstić information content (AvgIpc) is 1.97. The predicted octanol–water partition coefficient (Wildman–Crippen LogP) is 0.328. The summed E-state index contributed by atoms with van der Waals surface area (Å²) in [4.78, 5) is 20.1. The fourth-order valence-corrected chi connectivity index (χ4v) is 0.613. The minimum Gasteiger partial charge on any atom is -0.480 e. The molecule has 11 heavy (non-hydrogen) atoms. The van der Waals surface area contributed by atoms with E-state index >= 15 is 0 Å². The van der Waals surface area contributed by atoms with Crippen molar-refractivity contribution in [2.75, 3.05) is 0 Å². The maximum atomic E-state index is 10.3. The Morgan fingerprint density at radius 3 is 2.73 bits per heavy atom. The van der Waals surface area contributed by atoms with Crippen molar-refractivity contribution >= 4 is 24.0 Å². The van der Waals surface area contributed by atoms with Gasteiger partial charge in [-0.05, 0) is 6.42 Å². The quantitative estimate of drug-likeness (QED) is 0.595. The number of carbonyl (C=O) groups excluding carboxylic acids is 1. The number of nitrogens with one attached hydrogen (secondary N) is 1. The zero-order valence-electron chi connectivity index (χ0n) is 5.66. The van der Waals surface area contributed by atoms with Crippen LogP contribution in [0.4, 0.5) is 0 Å². The average molecular weight is 178 g/mol. The third-order valence-electron chi connectivity index (χ3n) is 1.03. The molecule has 0 aliphatic carbocycles. The second-order valence-corrected chi connectivity index (χ2v) is 2.02. The highest BCUT2D eigenvalue weighted by atomic mass is 35.5. The minimum atomic E-state index is -1.08. The molecular weight excluding hydrogens is 170 g/mol. The standard InChI is InChI=1S/C6H8ClNO3/c7-3-1-2-5(6(10)11)8-4-9/h1,3-5H,2H2,(H,8,9)(H,10,11)/b3-1+. The van der Waals surface area contributed by atoms with E-state index in [2.05, 4.69) is 5.32 Å². The number of aliphatic carboxylic acids is 1. The van der Waals surface area contributed by atoms with Gasteiger partial charge < -0.3 is 10.4 Å². The summed E-state index contributed by atoms with van der Waals surface area (Å²) < 4.78 is 0. The van der Waals surface area contributed by atoms with E-state index in [0.29, 0.717) is 6.41 Å². The van der Waals surface area contributed by atoms with E-state index in [9.17, 15) is 9.59 Å². The minimum absolute atomic E-state index is 0.192. The van der Waals surface area contributed by atoms with Crippen LogP contribution in [0.3, 0.4) is 0 Å². The van der Waals surface area contributed by atoms with Crippen LogP contribution in [-0.2, 0) is 9.59 Å². The highest BCUT2D eigenvalue weighted by molar-refractivity contribution is 6.25. The summed E-state index contributed by atoms with van der Waals surface area (Å²) >= 11 is 5.16. The highest BCUT2D eigenvalue weighted by Gasteiger charge is 2.13. The van der Waals surface area contributed by atoms with Crippen molar-refractivity contribution in [3.8, 4) is 0 Å². The Kier molecular flexibility index (Phi) is 5.20. The molecule has 4 nitrogen and oxygen atoms in total. The van der Waals surface area contributed by atoms with Gasteiger partial charge in [-0.25, -0.2) is 4.79 Å². The summed E-state index contributed by atoms with van der Waals surface area (Å²) in [6.45, 7) is 0. The maximum absolute atomic E-state index is 10.3. The second kappa shape index (κ2) is 5.73. The van der Waals surface area contributed by atoms with Gasteiger partial charge in [-0.15, -0.1) is 0 Å². The van der Waals surface area contributed by atoms with Crippen molar-refractivity contribution in [3.05, 3.63) is 11.6 Å². The normalized spacial score (nSPS) is 12.8. The Morgan fingerprint density at radius 1 is 1.73 bits per heavy atom. The van der Waals surface area contributed by atoms with Crippen LogP contribution in [0.1, 0.15) is 6.42 Å². The van der Waals surface area contributed by atoms with E-state index in [1.807, 2.05) is 0 Å². The molecule has 0 aromatic carbocycles. The van der Waals surface area contributed by atoms with Gasteiger partial charge in [-0.3, -0.25) is 4.79 Å². The lowest BCUT2D eigenvalue weighted by Gasteiger charge is -2.06. The number of hydrogen-bond acceptors (Lipinski definition) is 2. The third kappa shape index (κ3) is 4.38. The molecule has 0 spiro atoms. The zero-order chi connectivity index (χ0) is 8.69. The first-order valence-corrected chi connectivity index (χ1v) is 3.33. The Bertz CT molecular complexity index is 169. The van der Waals surface area contributed by atoms with Gasteiger partial charge in [0.25, 0.3) is 0 Å². The van der Waals surface area contributed by atoms with E-state index < -0.39 is 12.0 Å². The Hall–Kier alpha value is -1.03. The molecule has 0 bridgehead atoms. The van der Waals surface area contributed by atoms with Crippen molar-refractivity contribution in [2.45, 2.75) is 12.5 Å². The molecule has 62 valence electrons.